The first-order valence-electron chi connectivity index (χ1n) is 11.0. The number of carbonyl (C=O) groups excluding carboxylic acids is 4. The molecule has 4 amide bonds. The Labute approximate surface area is 207 Å². The van der Waals surface area contributed by atoms with Crippen molar-refractivity contribution >= 4 is 46.8 Å². The molecule has 0 aromatic heterocycles. The Kier molecular flexibility index (Phi) is 8.49. The van der Waals surface area contributed by atoms with Gasteiger partial charge in [0.1, 0.15) is 0 Å². The van der Waals surface area contributed by atoms with E-state index >= 15 is 0 Å². The molecule has 0 aliphatic rings. The summed E-state index contributed by atoms with van der Waals surface area (Å²) < 4.78 is 4.62. The Hall–Kier alpha value is -4.99. The molecule has 0 spiro atoms. The van der Waals surface area contributed by atoms with Crippen LogP contribution in [0.1, 0.15) is 29.3 Å². The number of methoxy groups -OCH3 is 1. The molecule has 3 aromatic rings. The van der Waals surface area contributed by atoms with Gasteiger partial charge in [-0.05, 0) is 30.3 Å². The molecule has 10 nitrogen and oxygen atoms in total. The summed E-state index contributed by atoms with van der Waals surface area (Å²) >= 11 is 0. The summed E-state index contributed by atoms with van der Waals surface area (Å²) in [5.74, 6) is -0.973. The van der Waals surface area contributed by atoms with E-state index in [0.717, 1.165) is 7.11 Å². The van der Waals surface area contributed by atoms with E-state index in [9.17, 15) is 19.2 Å². The number of nitrogens with one attached hydrogen (secondary N) is 2. The van der Waals surface area contributed by atoms with Crippen molar-refractivity contribution in [3.63, 3.8) is 0 Å². The average molecular weight is 488 g/mol. The maximum Gasteiger partial charge on any atom is 0.413 e. The number of benzene rings is 3. The molecule has 0 saturated heterocycles. The standard InChI is InChI=1S/C26H25N5O5/c1-3-22(32)29-25(30-26(35)36-2)28-20-16-18(23(33)17-10-6-4-7-11-17)14-15-21(20)31(24(27)34)19-12-8-5-9-13-19/h4-16H,3H2,1-2H3,(H2,27,34)(H2,28,29,30,32,35). The Morgan fingerprint density at radius 2 is 1.53 bits per heavy atom. The fraction of sp³-hybridized carbons (Fsp3) is 0.115. The van der Waals surface area contributed by atoms with E-state index in [1.165, 1.54) is 17.0 Å². The molecule has 0 unspecified atom stereocenters. The van der Waals surface area contributed by atoms with Crippen molar-refractivity contribution in [1.82, 2.24) is 10.6 Å². The summed E-state index contributed by atoms with van der Waals surface area (Å²) in [6, 6.07) is 20.9. The normalized spacial score (nSPS) is 10.8. The van der Waals surface area contributed by atoms with Crippen LogP contribution in [0.4, 0.5) is 26.7 Å². The van der Waals surface area contributed by atoms with Gasteiger partial charge in [-0.2, -0.15) is 0 Å². The van der Waals surface area contributed by atoms with Gasteiger partial charge < -0.3 is 10.5 Å². The summed E-state index contributed by atoms with van der Waals surface area (Å²) in [4.78, 5) is 55.1. The lowest BCUT2D eigenvalue weighted by Crippen LogP contribution is -2.43. The fourth-order valence-corrected chi connectivity index (χ4v) is 3.24. The third kappa shape index (κ3) is 6.32. The SMILES string of the molecule is CCC(=O)NC(=Nc1cc(C(=O)c2ccccc2)ccc1N(C(N)=O)c1ccccc1)NC(=O)OC. The minimum atomic E-state index is -0.877. The van der Waals surface area contributed by atoms with E-state index in [-0.39, 0.29) is 35.1 Å². The average Bonchev–Trinajstić information content (AvgIpc) is 2.89. The first-order valence-corrected chi connectivity index (χ1v) is 11.0. The summed E-state index contributed by atoms with van der Waals surface area (Å²) in [7, 11) is 1.16. The Balaban J connectivity index is 2.20. The molecule has 3 aromatic carbocycles. The Bertz CT molecular complexity index is 1270. The predicted molar refractivity (Wildman–Crippen MR) is 136 cm³/mol. The monoisotopic (exact) mass is 487 g/mol. The first-order chi connectivity index (χ1) is 17.3. The molecule has 4 N–H and O–H groups in total. The highest BCUT2D eigenvalue weighted by Gasteiger charge is 2.21. The number of ether oxygens (including phenoxy) is 1. The smallest absolute Gasteiger partial charge is 0.413 e. The minimum Gasteiger partial charge on any atom is -0.453 e. The summed E-state index contributed by atoms with van der Waals surface area (Å²) in [6.07, 6.45) is -0.767. The van der Waals surface area contributed by atoms with Crippen molar-refractivity contribution in [3.05, 3.63) is 90.0 Å². The van der Waals surface area contributed by atoms with Crippen LogP contribution in [0.25, 0.3) is 0 Å². The number of amides is 4. The van der Waals surface area contributed by atoms with Crippen LogP contribution in [0.5, 0.6) is 0 Å². The van der Waals surface area contributed by atoms with Crippen molar-refractivity contribution < 1.29 is 23.9 Å². The van der Waals surface area contributed by atoms with E-state index in [2.05, 4.69) is 20.4 Å². The third-order valence-electron chi connectivity index (χ3n) is 4.97. The third-order valence-corrected chi connectivity index (χ3v) is 4.97. The second kappa shape index (κ2) is 11.9. The summed E-state index contributed by atoms with van der Waals surface area (Å²) in [5, 5.41) is 4.81. The van der Waals surface area contributed by atoms with Gasteiger partial charge in [0, 0.05) is 17.5 Å². The van der Waals surface area contributed by atoms with Crippen LogP contribution in [0.3, 0.4) is 0 Å². The molecule has 0 radical (unpaired) electrons. The summed E-state index contributed by atoms with van der Waals surface area (Å²) in [5.41, 5.74) is 7.17. The highest BCUT2D eigenvalue weighted by Crippen LogP contribution is 2.35. The van der Waals surface area contributed by atoms with E-state index in [1.54, 1.807) is 73.7 Å². The number of aliphatic imine (C=N–C) groups is 1. The number of carbonyl (C=O) groups is 4. The van der Waals surface area contributed by atoms with E-state index < -0.39 is 18.0 Å². The van der Waals surface area contributed by atoms with Gasteiger partial charge in [-0.3, -0.25) is 25.1 Å². The van der Waals surface area contributed by atoms with E-state index in [0.29, 0.717) is 11.3 Å². The van der Waals surface area contributed by atoms with Crippen LogP contribution in [0.2, 0.25) is 0 Å². The number of para-hydroxylation sites is 1. The zero-order valence-electron chi connectivity index (χ0n) is 19.7. The molecule has 0 aliphatic heterocycles. The molecule has 36 heavy (non-hydrogen) atoms. The van der Waals surface area contributed by atoms with Crippen molar-refractivity contribution in [1.29, 1.82) is 0 Å². The topological polar surface area (TPSA) is 143 Å². The lowest BCUT2D eigenvalue weighted by molar-refractivity contribution is -0.119. The van der Waals surface area contributed by atoms with Crippen molar-refractivity contribution in [3.8, 4) is 0 Å². The van der Waals surface area contributed by atoms with Crippen molar-refractivity contribution in [2.24, 2.45) is 10.7 Å². The number of anilines is 2. The first kappa shape index (κ1) is 25.6. The van der Waals surface area contributed by atoms with Crippen LogP contribution in [0.15, 0.2) is 83.9 Å². The molecule has 0 atom stereocenters. The number of guanidine groups is 1. The number of primary amides is 1. The summed E-state index contributed by atoms with van der Waals surface area (Å²) in [6.45, 7) is 1.62. The zero-order valence-corrected chi connectivity index (χ0v) is 19.7. The molecular formula is C26H25N5O5. The quantitative estimate of drug-likeness (QED) is 0.273. The maximum atomic E-state index is 13.1. The molecule has 0 saturated carbocycles. The second-order valence-electron chi connectivity index (χ2n) is 7.39. The molecule has 184 valence electrons. The number of hydrogen-bond acceptors (Lipinski definition) is 6. The van der Waals surface area contributed by atoms with Gasteiger partial charge in [-0.1, -0.05) is 55.5 Å². The predicted octanol–water partition coefficient (Wildman–Crippen LogP) is 4.00. The van der Waals surface area contributed by atoms with Crippen molar-refractivity contribution in [2.75, 3.05) is 12.0 Å². The number of nitrogens with zero attached hydrogens (tertiary/aromatic N) is 2. The lowest BCUT2D eigenvalue weighted by atomic mass is 10.0. The molecule has 0 fully saturated rings. The van der Waals surface area contributed by atoms with Crippen molar-refractivity contribution in [2.45, 2.75) is 13.3 Å². The molecule has 0 heterocycles. The molecule has 10 heteroatoms. The number of urea groups is 1. The maximum absolute atomic E-state index is 13.1. The number of hydrogen-bond donors (Lipinski definition) is 3. The molecular weight excluding hydrogens is 462 g/mol. The van der Waals surface area contributed by atoms with Gasteiger partial charge in [-0.25, -0.2) is 14.6 Å². The van der Waals surface area contributed by atoms with Gasteiger partial charge >= 0.3 is 12.1 Å². The highest BCUT2D eigenvalue weighted by atomic mass is 16.5. The largest absolute Gasteiger partial charge is 0.453 e. The van der Waals surface area contributed by atoms with Gasteiger partial charge in [0.05, 0.1) is 24.2 Å². The molecule has 3 rings (SSSR count). The number of ketones is 1. The van der Waals surface area contributed by atoms with E-state index in [4.69, 9.17) is 5.73 Å². The number of alkyl carbamates (subject to hydrolysis) is 1. The minimum absolute atomic E-state index is 0.0854. The number of nitrogens with two attached hydrogens (primary N) is 1. The van der Waals surface area contributed by atoms with Crippen LogP contribution >= 0.6 is 0 Å². The molecule has 0 bridgehead atoms. The Morgan fingerprint density at radius 3 is 2.11 bits per heavy atom. The molecule has 0 aliphatic carbocycles. The lowest BCUT2D eigenvalue weighted by Gasteiger charge is -2.23. The van der Waals surface area contributed by atoms with Gasteiger partial charge in [-0.15, -0.1) is 0 Å². The van der Waals surface area contributed by atoms with E-state index in [1.807, 2.05) is 0 Å². The van der Waals surface area contributed by atoms with Gasteiger partial charge in [0.25, 0.3) is 0 Å². The van der Waals surface area contributed by atoms with Crippen LogP contribution in [0, 0.1) is 0 Å². The highest BCUT2D eigenvalue weighted by molar-refractivity contribution is 6.11. The van der Waals surface area contributed by atoms with Crippen LogP contribution < -0.4 is 21.3 Å². The second-order valence-corrected chi connectivity index (χ2v) is 7.39. The zero-order chi connectivity index (χ0) is 26.1. The van der Waals surface area contributed by atoms with Crippen LogP contribution in [-0.4, -0.2) is 36.9 Å². The fourth-order valence-electron chi connectivity index (χ4n) is 3.24. The van der Waals surface area contributed by atoms with Crippen LogP contribution in [-0.2, 0) is 9.53 Å². The Morgan fingerprint density at radius 1 is 0.889 bits per heavy atom. The number of rotatable bonds is 6. The van der Waals surface area contributed by atoms with Gasteiger partial charge in [0.15, 0.2) is 5.78 Å². The van der Waals surface area contributed by atoms with Gasteiger partial charge in [0.2, 0.25) is 11.9 Å².